The molecule has 0 saturated heterocycles. The number of carbonyl (C=O) groups excluding carboxylic acids is 1. The first-order chi connectivity index (χ1) is 12.8. The molecule has 0 saturated carbocycles. The summed E-state index contributed by atoms with van der Waals surface area (Å²) in [7, 11) is 1.34. The van der Waals surface area contributed by atoms with Crippen LogP contribution in [0.4, 0.5) is 5.69 Å². The van der Waals surface area contributed by atoms with Crippen LogP contribution >= 0.6 is 0 Å². The van der Waals surface area contributed by atoms with Crippen molar-refractivity contribution in [2.24, 2.45) is 0 Å². The summed E-state index contributed by atoms with van der Waals surface area (Å²) in [5.74, 6) is -1.80. The molecular weight excluding hydrogens is 352 g/mol. The van der Waals surface area contributed by atoms with Gasteiger partial charge in [0.15, 0.2) is 5.54 Å². The number of nitrogens with zero attached hydrogens (tertiary/aromatic N) is 1. The van der Waals surface area contributed by atoms with Gasteiger partial charge in [-0.25, -0.2) is 4.79 Å². The van der Waals surface area contributed by atoms with Crippen LogP contribution < -0.4 is 10.1 Å². The van der Waals surface area contributed by atoms with E-state index >= 15 is 0 Å². The Hall–Kier alpha value is -3.42. The highest BCUT2D eigenvalue weighted by Crippen LogP contribution is 2.31. The van der Waals surface area contributed by atoms with Crippen molar-refractivity contribution in [1.82, 2.24) is 5.32 Å². The summed E-state index contributed by atoms with van der Waals surface area (Å²) in [5.41, 5.74) is -1.31. The molecule has 0 aliphatic carbocycles. The van der Waals surface area contributed by atoms with Crippen LogP contribution in [0, 0.1) is 17.0 Å². The van der Waals surface area contributed by atoms with Crippen LogP contribution in [0.3, 0.4) is 0 Å². The number of nitrogens with one attached hydrogen (secondary N) is 1. The predicted octanol–water partition coefficient (Wildman–Crippen LogP) is 3.03. The monoisotopic (exact) mass is 372 g/mol. The van der Waals surface area contributed by atoms with Gasteiger partial charge in [0.25, 0.3) is 11.6 Å². The van der Waals surface area contributed by atoms with Crippen LogP contribution in [0.2, 0.25) is 0 Å². The van der Waals surface area contributed by atoms with Crippen molar-refractivity contribution in [3.05, 3.63) is 69.3 Å². The topological polar surface area (TPSA) is 119 Å². The Morgan fingerprint density at radius 2 is 1.89 bits per heavy atom. The number of nitro groups is 1. The molecule has 0 spiro atoms. The van der Waals surface area contributed by atoms with Gasteiger partial charge < -0.3 is 15.2 Å². The number of aliphatic carboxylic acids is 1. The average Bonchev–Trinajstić information content (AvgIpc) is 2.66. The molecule has 2 N–H and O–H groups in total. The van der Waals surface area contributed by atoms with Gasteiger partial charge in [0, 0.05) is 11.6 Å². The third-order valence-electron chi connectivity index (χ3n) is 4.50. The number of ether oxygens (including phenoxy) is 1. The number of rotatable bonds is 7. The van der Waals surface area contributed by atoms with E-state index in [0.717, 1.165) is 6.07 Å². The molecule has 2 aromatic rings. The SMILES string of the molecule is CCC(NC(=O)c1cc(OC)c(C)c([N+](=O)[O-])c1)(C(=O)O)c1ccccc1. The Labute approximate surface area is 155 Å². The van der Waals surface area contributed by atoms with Gasteiger partial charge in [-0.1, -0.05) is 37.3 Å². The fourth-order valence-corrected chi connectivity index (χ4v) is 2.89. The molecule has 142 valence electrons. The maximum Gasteiger partial charge on any atom is 0.334 e. The van der Waals surface area contributed by atoms with Gasteiger partial charge in [-0.3, -0.25) is 14.9 Å². The van der Waals surface area contributed by atoms with Gasteiger partial charge in [0.05, 0.1) is 17.6 Å². The minimum absolute atomic E-state index is 0.0563. The number of hydrogen-bond donors (Lipinski definition) is 2. The molecule has 2 rings (SSSR count). The number of carbonyl (C=O) groups is 2. The lowest BCUT2D eigenvalue weighted by molar-refractivity contribution is -0.385. The Bertz CT molecular complexity index is 881. The highest BCUT2D eigenvalue weighted by Gasteiger charge is 2.40. The van der Waals surface area contributed by atoms with Gasteiger partial charge in [-0.2, -0.15) is 0 Å². The van der Waals surface area contributed by atoms with Crippen molar-refractivity contribution in [1.29, 1.82) is 0 Å². The van der Waals surface area contributed by atoms with Gasteiger partial charge >= 0.3 is 5.97 Å². The van der Waals surface area contributed by atoms with Gasteiger partial charge in [-0.15, -0.1) is 0 Å². The van der Waals surface area contributed by atoms with E-state index in [9.17, 15) is 24.8 Å². The lowest BCUT2D eigenvalue weighted by Crippen LogP contribution is -2.51. The van der Waals surface area contributed by atoms with Crippen molar-refractivity contribution < 1.29 is 24.4 Å². The maximum atomic E-state index is 12.8. The lowest BCUT2D eigenvalue weighted by atomic mass is 9.86. The van der Waals surface area contributed by atoms with Crippen molar-refractivity contribution in [2.75, 3.05) is 7.11 Å². The van der Waals surface area contributed by atoms with Crippen LogP contribution in [-0.2, 0) is 10.3 Å². The number of amides is 1. The minimum Gasteiger partial charge on any atom is -0.496 e. The maximum absolute atomic E-state index is 12.8. The fourth-order valence-electron chi connectivity index (χ4n) is 2.89. The number of carboxylic acids is 1. The summed E-state index contributed by atoms with van der Waals surface area (Å²) in [4.78, 5) is 35.5. The van der Waals surface area contributed by atoms with E-state index in [1.165, 1.54) is 20.1 Å². The number of hydrogen-bond acceptors (Lipinski definition) is 5. The van der Waals surface area contributed by atoms with Crippen LogP contribution in [0.5, 0.6) is 5.75 Å². The predicted molar refractivity (Wildman–Crippen MR) is 97.9 cm³/mol. The van der Waals surface area contributed by atoms with Gasteiger partial charge in [0.1, 0.15) is 5.75 Å². The quantitative estimate of drug-likeness (QED) is 0.569. The molecule has 27 heavy (non-hydrogen) atoms. The zero-order valence-electron chi connectivity index (χ0n) is 15.2. The van der Waals surface area contributed by atoms with E-state index < -0.39 is 22.3 Å². The second-order valence-corrected chi connectivity index (χ2v) is 5.96. The third kappa shape index (κ3) is 3.74. The fraction of sp³-hybridized carbons (Fsp3) is 0.263. The van der Waals surface area contributed by atoms with E-state index in [2.05, 4.69) is 5.32 Å². The van der Waals surface area contributed by atoms with Crippen LogP contribution in [0.15, 0.2) is 42.5 Å². The van der Waals surface area contributed by atoms with Crippen molar-refractivity contribution in [3.63, 3.8) is 0 Å². The molecule has 1 amide bonds. The van der Waals surface area contributed by atoms with E-state index in [1.54, 1.807) is 37.3 Å². The minimum atomic E-state index is -1.66. The second kappa shape index (κ2) is 7.86. The highest BCUT2D eigenvalue weighted by atomic mass is 16.6. The standard InChI is InChI=1S/C19H20N2O6/c1-4-19(18(23)24,14-8-6-5-7-9-14)20-17(22)13-10-15(21(25)26)12(2)16(11-13)27-3/h5-11H,4H2,1-3H3,(H,20,22)(H,23,24). The number of methoxy groups -OCH3 is 1. The Morgan fingerprint density at radius 1 is 1.26 bits per heavy atom. The first kappa shape index (κ1) is 19.9. The molecular formula is C19H20N2O6. The first-order valence-electron chi connectivity index (χ1n) is 8.21. The summed E-state index contributed by atoms with van der Waals surface area (Å²) in [6.45, 7) is 3.15. The zero-order chi connectivity index (χ0) is 20.2. The van der Waals surface area contributed by atoms with Crippen molar-refractivity contribution in [2.45, 2.75) is 25.8 Å². The van der Waals surface area contributed by atoms with Gasteiger partial charge in [-0.05, 0) is 25.0 Å². The Balaban J connectivity index is 2.52. The molecule has 0 radical (unpaired) electrons. The molecule has 8 heteroatoms. The number of carboxylic acid groups (broad SMARTS) is 1. The van der Waals surface area contributed by atoms with Crippen LogP contribution in [0.25, 0.3) is 0 Å². The Kier molecular flexibility index (Phi) is 5.79. The summed E-state index contributed by atoms with van der Waals surface area (Å²) in [6.07, 6.45) is 0.0865. The molecule has 0 aliphatic rings. The van der Waals surface area contributed by atoms with E-state index in [0.29, 0.717) is 5.56 Å². The van der Waals surface area contributed by atoms with Crippen molar-refractivity contribution >= 4 is 17.6 Å². The molecule has 2 aromatic carbocycles. The van der Waals surface area contributed by atoms with Crippen molar-refractivity contribution in [3.8, 4) is 5.75 Å². The third-order valence-corrected chi connectivity index (χ3v) is 4.50. The second-order valence-electron chi connectivity index (χ2n) is 5.96. The average molecular weight is 372 g/mol. The molecule has 8 nitrogen and oxygen atoms in total. The Morgan fingerprint density at radius 3 is 2.37 bits per heavy atom. The molecule has 0 bridgehead atoms. The van der Waals surface area contributed by atoms with Crippen LogP contribution in [0.1, 0.15) is 34.8 Å². The summed E-state index contributed by atoms with van der Waals surface area (Å²) >= 11 is 0. The van der Waals surface area contributed by atoms with Gasteiger partial charge in [0.2, 0.25) is 0 Å². The summed E-state index contributed by atoms with van der Waals surface area (Å²) < 4.78 is 5.11. The van der Waals surface area contributed by atoms with E-state index in [1.807, 2.05) is 0 Å². The molecule has 1 unspecified atom stereocenters. The summed E-state index contributed by atoms with van der Waals surface area (Å²) in [6, 6.07) is 10.8. The molecule has 0 aliphatic heterocycles. The normalized spacial score (nSPS) is 12.7. The summed E-state index contributed by atoms with van der Waals surface area (Å²) in [5, 5.41) is 23.6. The lowest BCUT2D eigenvalue weighted by Gasteiger charge is -2.30. The largest absolute Gasteiger partial charge is 0.496 e. The smallest absolute Gasteiger partial charge is 0.334 e. The van der Waals surface area contributed by atoms with E-state index in [4.69, 9.17) is 4.74 Å². The molecule has 1 atom stereocenters. The molecule has 0 fully saturated rings. The molecule has 0 aromatic heterocycles. The highest BCUT2D eigenvalue weighted by molar-refractivity contribution is 5.99. The number of nitro benzene ring substituents is 1. The van der Waals surface area contributed by atoms with Crippen LogP contribution in [-0.4, -0.2) is 29.0 Å². The zero-order valence-corrected chi connectivity index (χ0v) is 15.2. The first-order valence-corrected chi connectivity index (χ1v) is 8.21. The number of benzene rings is 2. The molecule has 0 heterocycles. The van der Waals surface area contributed by atoms with E-state index in [-0.39, 0.29) is 29.0 Å².